The molecule has 0 aromatic heterocycles. The van der Waals surface area contributed by atoms with Crippen molar-refractivity contribution in [2.45, 2.75) is 12.5 Å². The summed E-state index contributed by atoms with van der Waals surface area (Å²) in [5, 5.41) is 2.97. The summed E-state index contributed by atoms with van der Waals surface area (Å²) < 4.78 is 32.8. The van der Waals surface area contributed by atoms with E-state index in [1.54, 1.807) is 14.2 Å². The van der Waals surface area contributed by atoms with Crippen LogP contribution in [0.15, 0.2) is 42.5 Å². The van der Waals surface area contributed by atoms with Crippen LogP contribution in [0.25, 0.3) is 0 Å². The van der Waals surface area contributed by atoms with Crippen LogP contribution in [0.1, 0.15) is 17.2 Å². The highest BCUT2D eigenvalue weighted by atomic mass is 19.1. The fourth-order valence-electron chi connectivity index (χ4n) is 2.23. The molecule has 0 heterocycles. The number of methoxy groups -OCH3 is 1. The Morgan fingerprint density at radius 1 is 1.10 bits per heavy atom. The molecular weight excluding hydrogens is 260 g/mol. The highest BCUT2D eigenvalue weighted by molar-refractivity contribution is 5.31. The molecule has 2 rings (SSSR count). The number of ether oxygens (including phenoxy) is 1. The fourth-order valence-corrected chi connectivity index (χ4v) is 2.23. The number of hydrogen-bond donors (Lipinski definition) is 1. The van der Waals surface area contributed by atoms with Crippen LogP contribution in [-0.2, 0) is 6.42 Å². The van der Waals surface area contributed by atoms with Crippen molar-refractivity contribution >= 4 is 0 Å². The summed E-state index contributed by atoms with van der Waals surface area (Å²) in [6.45, 7) is 0. The van der Waals surface area contributed by atoms with Gasteiger partial charge in [0.15, 0.2) is 0 Å². The topological polar surface area (TPSA) is 21.3 Å². The molecule has 106 valence electrons. The van der Waals surface area contributed by atoms with Crippen LogP contribution in [0.3, 0.4) is 0 Å². The van der Waals surface area contributed by atoms with Gasteiger partial charge in [-0.15, -0.1) is 0 Å². The molecule has 2 nitrogen and oxygen atoms in total. The summed E-state index contributed by atoms with van der Waals surface area (Å²) in [5.74, 6) is -0.342. The molecule has 1 atom stereocenters. The number of benzene rings is 2. The highest BCUT2D eigenvalue weighted by Crippen LogP contribution is 2.25. The molecule has 1 unspecified atom stereocenters. The molecule has 0 spiro atoms. The Morgan fingerprint density at radius 2 is 1.75 bits per heavy atom. The van der Waals surface area contributed by atoms with E-state index in [4.69, 9.17) is 4.74 Å². The SMILES string of the molecule is CNC(Cc1cccc(OC)c1)c1c(F)cccc1F. The van der Waals surface area contributed by atoms with E-state index < -0.39 is 17.7 Å². The molecule has 2 aromatic rings. The predicted molar refractivity (Wildman–Crippen MR) is 74.9 cm³/mol. The second-order valence-corrected chi connectivity index (χ2v) is 4.53. The number of likely N-dealkylation sites (N-methyl/N-ethyl adjacent to an activating group) is 1. The Morgan fingerprint density at radius 3 is 2.35 bits per heavy atom. The van der Waals surface area contributed by atoms with E-state index in [1.807, 2.05) is 24.3 Å². The van der Waals surface area contributed by atoms with Gasteiger partial charge < -0.3 is 10.1 Å². The van der Waals surface area contributed by atoms with Crippen LogP contribution in [0.5, 0.6) is 5.75 Å². The van der Waals surface area contributed by atoms with E-state index in [2.05, 4.69) is 5.32 Å². The van der Waals surface area contributed by atoms with Gasteiger partial charge in [0.05, 0.1) is 7.11 Å². The molecule has 0 radical (unpaired) electrons. The Labute approximate surface area is 117 Å². The third-order valence-electron chi connectivity index (χ3n) is 3.27. The maximum Gasteiger partial charge on any atom is 0.130 e. The van der Waals surface area contributed by atoms with Gasteiger partial charge in [-0.1, -0.05) is 18.2 Å². The van der Waals surface area contributed by atoms with Gasteiger partial charge in [0.1, 0.15) is 17.4 Å². The number of halogens is 2. The standard InChI is InChI=1S/C16H17F2NO/c1-19-15(16-13(17)7-4-8-14(16)18)10-11-5-3-6-12(9-11)20-2/h3-9,15,19H,10H2,1-2H3. The Hall–Kier alpha value is -1.94. The van der Waals surface area contributed by atoms with Crippen LogP contribution in [0.2, 0.25) is 0 Å². The van der Waals surface area contributed by atoms with E-state index in [-0.39, 0.29) is 5.56 Å². The van der Waals surface area contributed by atoms with Crippen molar-refractivity contribution in [2.75, 3.05) is 14.2 Å². The molecular formula is C16H17F2NO. The minimum Gasteiger partial charge on any atom is -0.497 e. The Bertz CT molecular complexity index is 566. The van der Waals surface area contributed by atoms with E-state index >= 15 is 0 Å². The van der Waals surface area contributed by atoms with Gasteiger partial charge in [0.2, 0.25) is 0 Å². The van der Waals surface area contributed by atoms with Gasteiger partial charge in [-0.05, 0) is 43.3 Å². The quantitative estimate of drug-likeness (QED) is 0.903. The maximum absolute atomic E-state index is 13.8. The zero-order valence-electron chi connectivity index (χ0n) is 11.5. The molecule has 1 N–H and O–H groups in total. The van der Waals surface area contributed by atoms with Crippen molar-refractivity contribution in [3.05, 3.63) is 65.2 Å². The average molecular weight is 277 g/mol. The van der Waals surface area contributed by atoms with E-state index in [0.717, 1.165) is 11.3 Å². The van der Waals surface area contributed by atoms with Gasteiger partial charge in [-0.3, -0.25) is 0 Å². The van der Waals surface area contributed by atoms with Gasteiger partial charge in [0, 0.05) is 11.6 Å². The van der Waals surface area contributed by atoms with Gasteiger partial charge in [-0.25, -0.2) is 8.78 Å². The van der Waals surface area contributed by atoms with Crippen molar-refractivity contribution in [3.8, 4) is 5.75 Å². The normalized spacial score (nSPS) is 12.2. The van der Waals surface area contributed by atoms with Crippen molar-refractivity contribution in [1.29, 1.82) is 0 Å². The zero-order chi connectivity index (χ0) is 14.5. The van der Waals surface area contributed by atoms with E-state index in [9.17, 15) is 8.78 Å². The largest absolute Gasteiger partial charge is 0.497 e. The minimum absolute atomic E-state index is 0.0674. The molecule has 20 heavy (non-hydrogen) atoms. The molecule has 0 saturated carbocycles. The molecule has 2 aromatic carbocycles. The lowest BCUT2D eigenvalue weighted by molar-refractivity contribution is 0.413. The lowest BCUT2D eigenvalue weighted by Gasteiger charge is -2.18. The Balaban J connectivity index is 2.29. The maximum atomic E-state index is 13.8. The molecule has 0 saturated heterocycles. The number of nitrogens with one attached hydrogen (secondary N) is 1. The second kappa shape index (κ2) is 6.48. The van der Waals surface area contributed by atoms with Crippen molar-refractivity contribution in [1.82, 2.24) is 5.32 Å². The van der Waals surface area contributed by atoms with Crippen molar-refractivity contribution in [3.63, 3.8) is 0 Å². The summed E-state index contributed by atoms with van der Waals surface area (Å²) in [6.07, 6.45) is 0.478. The second-order valence-electron chi connectivity index (χ2n) is 4.53. The lowest BCUT2D eigenvalue weighted by Crippen LogP contribution is -2.21. The summed E-state index contributed by atoms with van der Waals surface area (Å²) in [5.41, 5.74) is 1.02. The first kappa shape index (κ1) is 14.5. The summed E-state index contributed by atoms with van der Waals surface area (Å²) in [6, 6.07) is 11.0. The molecule has 4 heteroatoms. The number of rotatable bonds is 5. The van der Waals surface area contributed by atoms with E-state index in [0.29, 0.717) is 6.42 Å². The van der Waals surface area contributed by atoms with Gasteiger partial charge >= 0.3 is 0 Å². The third-order valence-corrected chi connectivity index (χ3v) is 3.27. The summed E-state index contributed by atoms with van der Waals surface area (Å²) in [7, 11) is 3.28. The highest BCUT2D eigenvalue weighted by Gasteiger charge is 2.19. The first-order chi connectivity index (χ1) is 9.65. The van der Waals surface area contributed by atoms with Crippen molar-refractivity contribution < 1.29 is 13.5 Å². The van der Waals surface area contributed by atoms with Crippen molar-refractivity contribution in [2.24, 2.45) is 0 Å². The smallest absolute Gasteiger partial charge is 0.130 e. The van der Waals surface area contributed by atoms with Crippen LogP contribution < -0.4 is 10.1 Å². The van der Waals surface area contributed by atoms with E-state index in [1.165, 1.54) is 18.2 Å². The van der Waals surface area contributed by atoms with Crippen LogP contribution in [0, 0.1) is 11.6 Å². The molecule has 0 aliphatic carbocycles. The van der Waals surface area contributed by atoms with Crippen LogP contribution in [-0.4, -0.2) is 14.2 Å². The average Bonchev–Trinajstić information content (AvgIpc) is 2.46. The zero-order valence-corrected chi connectivity index (χ0v) is 11.5. The van der Waals surface area contributed by atoms with Crippen LogP contribution >= 0.6 is 0 Å². The molecule has 0 bridgehead atoms. The lowest BCUT2D eigenvalue weighted by atomic mass is 9.98. The summed E-state index contributed by atoms with van der Waals surface area (Å²) >= 11 is 0. The molecule has 0 fully saturated rings. The third kappa shape index (κ3) is 3.14. The molecule has 0 aliphatic rings. The van der Waals surface area contributed by atoms with Crippen LogP contribution in [0.4, 0.5) is 8.78 Å². The number of hydrogen-bond acceptors (Lipinski definition) is 2. The summed E-state index contributed by atoms with van der Waals surface area (Å²) in [4.78, 5) is 0. The first-order valence-electron chi connectivity index (χ1n) is 6.39. The first-order valence-corrected chi connectivity index (χ1v) is 6.39. The molecule has 0 amide bonds. The predicted octanol–water partition coefficient (Wildman–Crippen LogP) is 3.48. The Kier molecular flexibility index (Phi) is 4.69. The van der Waals surface area contributed by atoms with Gasteiger partial charge in [0.25, 0.3) is 0 Å². The molecule has 0 aliphatic heterocycles. The minimum atomic E-state index is -0.535. The fraction of sp³-hybridized carbons (Fsp3) is 0.250. The van der Waals surface area contributed by atoms with Gasteiger partial charge in [-0.2, -0.15) is 0 Å². The monoisotopic (exact) mass is 277 g/mol.